The third-order valence-electron chi connectivity index (χ3n) is 3.29. The maximum absolute atomic E-state index is 11.9. The lowest BCUT2D eigenvalue weighted by Gasteiger charge is -2.04. The van der Waals surface area contributed by atoms with Crippen LogP contribution in [0.25, 0.3) is 11.5 Å². The molecule has 1 amide bonds. The Kier molecular flexibility index (Phi) is 6.03. The largest absolute Gasteiger partial charge is 0.411 e. The Bertz CT molecular complexity index is 824. The van der Waals surface area contributed by atoms with E-state index in [0.29, 0.717) is 22.7 Å². The molecule has 0 radical (unpaired) electrons. The van der Waals surface area contributed by atoms with E-state index in [9.17, 15) is 4.79 Å². The van der Waals surface area contributed by atoms with Gasteiger partial charge in [0.15, 0.2) is 0 Å². The lowest BCUT2D eigenvalue weighted by atomic mass is 10.1. The first-order valence-electron chi connectivity index (χ1n) is 7.58. The van der Waals surface area contributed by atoms with Crippen LogP contribution < -0.4 is 5.32 Å². The average molecular weight is 375 g/mol. The van der Waals surface area contributed by atoms with Crippen LogP contribution in [-0.2, 0) is 11.2 Å². The van der Waals surface area contributed by atoms with E-state index in [1.807, 2.05) is 30.3 Å². The number of carbonyl (C=O) groups excluding carboxylic acids is 1. The first-order valence-corrected chi connectivity index (χ1v) is 8.95. The van der Waals surface area contributed by atoms with Crippen molar-refractivity contribution in [1.29, 1.82) is 0 Å². The summed E-state index contributed by atoms with van der Waals surface area (Å²) in [5.41, 5.74) is 1.87. The van der Waals surface area contributed by atoms with E-state index < -0.39 is 0 Å². The van der Waals surface area contributed by atoms with Crippen LogP contribution in [0, 0.1) is 0 Å². The van der Waals surface area contributed by atoms with E-state index in [1.54, 1.807) is 18.5 Å². The number of amides is 1. The minimum atomic E-state index is -0.0832. The van der Waals surface area contributed by atoms with Crippen molar-refractivity contribution in [2.75, 3.05) is 12.3 Å². The minimum absolute atomic E-state index is 0.0832. The summed E-state index contributed by atoms with van der Waals surface area (Å²) in [6.45, 7) is 0.561. The molecule has 2 heterocycles. The fourth-order valence-electron chi connectivity index (χ4n) is 2.05. The number of hydrogen-bond acceptors (Lipinski definition) is 6. The molecule has 0 aliphatic heterocycles. The summed E-state index contributed by atoms with van der Waals surface area (Å²) >= 11 is 7.04. The van der Waals surface area contributed by atoms with Gasteiger partial charge in [0.1, 0.15) is 0 Å². The highest BCUT2D eigenvalue weighted by Crippen LogP contribution is 2.22. The molecule has 128 valence electrons. The Morgan fingerprint density at radius 1 is 1.20 bits per heavy atom. The zero-order valence-electron chi connectivity index (χ0n) is 13.2. The lowest BCUT2D eigenvalue weighted by molar-refractivity contribution is -0.118. The van der Waals surface area contributed by atoms with Crippen LogP contribution in [0.3, 0.4) is 0 Å². The molecule has 0 saturated carbocycles. The first kappa shape index (κ1) is 17.4. The van der Waals surface area contributed by atoms with Crippen molar-refractivity contribution in [3.8, 4) is 11.5 Å². The normalized spacial score (nSPS) is 10.6. The van der Waals surface area contributed by atoms with Gasteiger partial charge in [0.25, 0.3) is 5.22 Å². The zero-order valence-corrected chi connectivity index (χ0v) is 14.8. The topological polar surface area (TPSA) is 80.9 Å². The predicted octanol–water partition coefficient (Wildman–Crippen LogP) is 3.24. The average Bonchev–Trinajstić information content (AvgIpc) is 3.11. The SMILES string of the molecule is O=C(CSc1nnc(-c2cccnc2)o1)NCCc1ccc(Cl)cc1. The molecule has 0 unspecified atom stereocenters. The van der Waals surface area contributed by atoms with E-state index in [0.717, 1.165) is 17.5 Å². The summed E-state index contributed by atoms with van der Waals surface area (Å²) in [7, 11) is 0. The van der Waals surface area contributed by atoms with Crippen LogP contribution in [-0.4, -0.2) is 33.4 Å². The van der Waals surface area contributed by atoms with Crippen molar-refractivity contribution in [1.82, 2.24) is 20.5 Å². The monoisotopic (exact) mass is 374 g/mol. The Morgan fingerprint density at radius 2 is 2.04 bits per heavy atom. The number of benzene rings is 1. The third kappa shape index (κ3) is 5.30. The van der Waals surface area contributed by atoms with Gasteiger partial charge < -0.3 is 9.73 Å². The number of nitrogens with zero attached hydrogens (tertiary/aromatic N) is 3. The zero-order chi connectivity index (χ0) is 17.5. The maximum Gasteiger partial charge on any atom is 0.277 e. The Balaban J connectivity index is 1.42. The molecule has 1 N–H and O–H groups in total. The molecule has 0 fully saturated rings. The standard InChI is InChI=1S/C17H15ClN4O2S/c18-14-5-3-12(4-6-14)7-9-20-15(23)11-25-17-22-21-16(24-17)13-2-1-8-19-10-13/h1-6,8,10H,7,9,11H2,(H,20,23). The summed E-state index contributed by atoms with van der Waals surface area (Å²) in [4.78, 5) is 15.9. The van der Waals surface area contributed by atoms with Crippen LogP contribution in [0.4, 0.5) is 0 Å². The number of aromatic nitrogens is 3. The molecule has 0 bridgehead atoms. The number of nitrogens with one attached hydrogen (secondary N) is 1. The van der Waals surface area contributed by atoms with Gasteiger partial charge in [0, 0.05) is 24.0 Å². The van der Waals surface area contributed by atoms with Crippen molar-refractivity contribution < 1.29 is 9.21 Å². The second-order valence-corrected chi connectivity index (χ2v) is 6.49. The second kappa shape index (κ2) is 8.64. The van der Waals surface area contributed by atoms with Gasteiger partial charge in [-0.25, -0.2) is 0 Å². The van der Waals surface area contributed by atoms with Gasteiger partial charge in [-0.3, -0.25) is 9.78 Å². The Morgan fingerprint density at radius 3 is 2.80 bits per heavy atom. The highest BCUT2D eigenvalue weighted by Gasteiger charge is 2.11. The van der Waals surface area contributed by atoms with Crippen molar-refractivity contribution in [2.45, 2.75) is 11.6 Å². The van der Waals surface area contributed by atoms with Crippen molar-refractivity contribution in [2.24, 2.45) is 0 Å². The predicted molar refractivity (Wildman–Crippen MR) is 96.4 cm³/mol. The molecule has 2 aromatic heterocycles. The highest BCUT2D eigenvalue weighted by molar-refractivity contribution is 7.99. The molecule has 3 rings (SSSR count). The quantitative estimate of drug-likeness (QED) is 0.639. The van der Waals surface area contributed by atoms with E-state index in [1.165, 1.54) is 11.8 Å². The van der Waals surface area contributed by atoms with Crippen molar-refractivity contribution in [3.05, 3.63) is 59.4 Å². The molecule has 25 heavy (non-hydrogen) atoms. The summed E-state index contributed by atoms with van der Waals surface area (Å²) in [5.74, 6) is 0.522. The summed E-state index contributed by atoms with van der Waals surface area (Å²) in [6.07, 6.45) is 4.06. The van der Waals surface area contributed by atoms with Crippen molar-refractivity contribution in [3.63, 3.8) is 0 Å². The number of halogens is 1. The number of pyridine rings is 1. The molecule has 0 atom stereocenters. The first-order chi connectivity index (χ1) is 12.2. The fourth-order valence-corrected chi connectivity index (χ4v) is 2.77. The third-order valence-corrected chi connectivity index (χ3v) is 4.36. The summed E-state index contributed by atoms with van der Waals surface area (Å²) in [6, 6.07) is 11.2. The van der Waals surface area contributed by atoms with Gasteiger partial charge in [-0.05, 0) is 36.2 Å². The lowest BCUT2D eigenvalue weighted by Crippen LogP contribution is -2.27. The molecule has 6 nitrogen and oxygen atoms in total. The number of carbonyl (C=O) groups is 1. The van der Waals surface area contributed by atoms with Crippen LogP contribution in [0.15, 0.2) is 58.4 Å². The van der Waals surface area contributed by atoms with Gasteiger partial charge in [-0.2, -0.15) is 0 Å². The van der Waals surface area contributed by atoms with Crippen LogP contribution in [0.1, 0.15) is 5.56 Å². The van der Waals surface area contributed by atoms with E-state index in [-0.39, 0.29) is 11.7 Å². The summed E-state index contributed by atoms with van der Waals surface area (Å²) < 4.78 is 5.51. The van der Waals surface area contributed by atoms with E-state index in [2.05, 4.69) is 20.5 Å². The van der Waals surface area contributed by atoms with Crippen LogP contribution in [0.5, 0.6) is 0 Å². The maximum atomic E-state index is 11.9. The molecular weight excluding hydrogens is 360 g/mol. The van der Waals surface area contributed by atoms with Gasteiger partial charge in [-0.1, -0.05) is 35.5 Å². The number of thioether (sulfide) groups is 1. The van der Waals surface area contributed by atoms with Gasteiger partial charge >= 0.3 is 0 Å². The molecule has 0 aliphatic carbocycles. The molecule has 3 aromatic rings. The number of rotatable bonds is 7. The molecular formula is C17H15ClN4O2S. The molecule has 1 aromatic carbocycles. The highest BCUT2D eigenvalue weighted by atomic mass is 35.5. The molecule has 0 aliphatic rings. The van der Waals surface area contributed by atoms with Gasteiger partial charge in [0.05, 0.1) is 11.3 Å². The smallest absolute Gasteiger partial charge is 0.277 e. The molecule has 0 spiro atoms. The Hall–Kier alpha value is -2.38. The Labute approximate surface area is 154 Å². The minimum Gasteiger partial charge on any atom is -0.411 e. The molecule has 8 heteroatoms. The molecule has 0 saturated heterocycles. The summed E-state index contributed by atoms with van der Waals surface area (Å²) in [5, 5.41) is 11.8. The second-order valence-electron chi connectivity index (χ2n) is 5.13. The fraction of sp³-hybridized carbons (Fsp3) is 0.176. The van der Waals surface area contributed by atoms with Crippen LogP contribution >= 0.6 is 23.4 Å². The van der Waals surface area contributed by atoms with Crippen LogP contribution in [0.2, 0.25) is 5.02 Å². The van der Waals surface area contributed by atoms with E-state index >= 15 is 0 Å². The van der Waals surface area contributed by atoms with Gasteiger partial charge in [-0.15, -0.1) is 10.2 Å². The van der Waals surface area contributed by atoms with Gasteiger partial charge in [0.2, 0.25) is 11.8 Å². The number of hydrogen-bond donors (Lipinski definition) is 1. The van der Waals surface area contributed by atoms with Crippen molar-refractivity contribution >= 4 is 29.3 Å². The van der Waals surface area contributed by atoms with E-state index in [4.69, 9.17) is 16.0 Å².